The Morgan fingerprint density at radius 3 is 3.00 bits per heavy atom. The fraction of sp³-hybridized carbons (Fsp3) is 0.294. The number of methoxy groups -OCH3 is 1. The zero-order chi connectivity index (χ0) is 16.5. The Bertz CT molecular complexity index is 850. The van der Waals surface area contributed by atoms with Crippen LogP contribution in [0.5, 0.6) is 5.75 Å². The highest BCUT2D eigenvalue weighted by molar-refractivity contribution is 6.30. The van der Waals surface area contributed by atoms with Gasteiger partial charge in [-0.25, -0.2) is 4.98 Å². The molecule has 1 aromatic carbocycles. The van der Waals surface area contributed by atoms with Crippen molar-refractivity contribution < 1.29 is 4.74 Å². The molecule has 3 heterocycles. The lowest BCUT2D eigenvalue weighted by Crippen LogP contribution is -2.11. The van der Waals surface area contributed by atoms with E-state index in [0.717, 1.165) is 49.0 Å². The van der Waals surface area contributed by atoms with Crippen LogP contribution >= 0.6 is 24.0 Å². The molecule has 3 aromatic rings. The van der Waals surface area contributed by atoms with Crippen molar-refractivity contribution in [3.8, 4) is 23.0 Å². The van der Waals surface area contributed by atoms with Crippen molar-refractivity contribution in [2.75, 3.05) is 13.7 Å². The van der Waals surface area contributed by atoms with E-state index in [2.05, 4.69) is 21.0 Å². The first-order chi connectivity index (χ1) is 11.8. The van der Waals surface area contributed by atoms with Gasteiger partial charge >= 0.3 is 0 Å². The summed E-state index contributed by atoms with van der Waals surface area (Å²) in [4.78, 5) is 4.50. The molecule has 25 heavy (non-hydrogen) atoms. The predicted octanol–water partition coefficient (Wildman–Crippen LogP) is 3.31. The maximum absolute atomic E-state index is 6.17. The van der Waals surface area contributed by atoms with Crippen LogP contribution in [-0.4, -0.2) is 33.0 Å². The number of hydrogen-bond acceptors (Lipinski definition) is 4. The summed E-state index contributed by atoms with van der Waals surface area (Å²) in [6, 6.07) is 7.63. The van der Waals surface area contributed by atoms with Gasteiger partial charge in [-0.15, -0.1) is 12.4 Å². The summed E-state index contributed by atoms with van der Waals surface area (Å²) in [5, 5.41) is 8.79. The molecule has 0 saturated carbocycles. The highest BCUT2D eigenvalue weighted by Gasteiger charge is 2.17. The molecular weight excluding hydrogens is 361 g/mol. The molecule has 2 aromatic heterocycles. The quantitative estimate of drug-likeness (QED) is 0.758. The average molecular weight is 380 g/mol. The number of aromatic nitrogens is 4. The number of benzene rings is 1. The number of fused-ring (bicyclic) bond motifs is 1. The van der Waals surface area contributed by atoms with E-state index in [1.807, 2.05) is 29.0 Å². The number of ether oxygens (including phenoxy) is 1. The standard InChI is InChI=1S/C17H18ClN5O.ClH/c1-24-16-4-3-12(18)9-15(16)22-8-6-20-17(22)14-10-13-11-19-5-2-7-23(13)21-14;/h3-4,6,8-10,19H,2,5,7,11H2,1H3;1H. The van der Waals surface area contributed by atoms with Crippen LogP contribution in [0.2, 0.25) is 5.02 Å². The van der Waals surface area contributed by atoms with E-state index < -0.39 is 0 Å². The minimum absolute atomic E-state index is 0. The molecule has 0 fully saturated rings. The smallest absolute Gasteiger partial charge is 0.165 e. The van der Waals surface area contributed by atoms with Gasteiger partial charge in [0, 0.05) is 30.5 Å². The van der Waals surface area contributed by atoms with Crippen LogP contribution in [0.4, 0.5) is 0 Å². The number of nitrogens with one attached hydrogen (secondary N) is 1. The molecule has 0 spiro atoms. The third-order valence-corrected chi connectivity index (χ3v) is 4.40. The lowest BCUT2D eigenvalue weighted by atomic mass is 10.2. The van der Waals surface area contributed by atoms with Crippen LogP contribution in [0.3, 0.4) is 0 Å². The van der Waals surface area contributed by atoms with Crippen LogP contribution in [0.25, 0.3) is 17.2 Å². The molecule has 132 valence electrons. The second kappa shape index (κ2) is 7.47. The maximum Gasteiger partial charge on any atom is 0.165 e. The summed E-state index contributed by atoms with van der Waals surface area (Å²) in [5.74, 6) is 1.51. The first-order valence-electron chi connectivity index (χ1n) is 7.91. The number of nitrogens with zero attached hydrogens (tertiary/aromatic N) is 4. The number of hydrogen-bond donors (Lipinski definition) is 1. The van der Waals surface area contributed by atoms with Gasteiger partial charge in [0.05, 0.1) is 18.5 Å². The summed E-state index contributed by atoms with van der Waals surface area (Å²) < 4.78 is 9.49. The topological polar surface area (TPSA) is 56.9 Å². The van der Waals surface area contributed by atoms with Crippen molar-refractivity contribution in [2.45, 2.75) is 19.5 Å². The van der Waals surface area contributed by atoms with Gasteiger partial charge in [-0.1, -0.05) is 11.6 Å². The van der Waals surface area contributed by atoms with Crippen LogP contribution in [-0.2, 0) is 13.1 Å². The van der Waals surface area contributed by atoms with Crippen LogP contribution in [0, 0.1) is 0 Å². The normalized spacial score (nSPS) is 13.7. The van der Waals surface area contributed by atoms with E-state index >= 15 is 0 Å². The third kappa shape index (κ3) is 3.38. The number of halogens is 2. The van der Waals surface area contributed by atoms with Crippen molar-refractivity contribution in [3.63, 3.8) is 0 Å². The Hall–Kier alpha value is -2.02. The molecule has 0 saturated heterocycles. The lowest BCUT2D eigenvalue weighted by molar-refractivity contribution is 0.413. The SMILES string of the molecule is COc1ccc(Cl)cc1-n1ccnc1-c1cc2n(n1)CCCNC2.Cl. The molecule has 6 nitrogen and oxygen atoms in total. The number of imidazole rings is 1. The molecule has 1 aliphatic rings. The van der Waals surface area contributed by atoms with Gasteiger partial charge in [0.2, 0.25) is 0 Å². The van der Waals surface area contributed by atoms with Crippen LogP contribution in [0.1, 0.15) is 12.1 Å². The number of aryl methyl sites for hydroxylation is 1. The van der Waals surface area contributed by atoms with Crippen LogP contribution in [0.15, 0.2) is 36.7 Å². The van der Waals surface area contributed by atoms with Crippen molar-refractivity contribution in [1.82, 2.24) is 24.6 Å². The Labute approximate surface area is 157 Å². The van der Waals surface area contributed by atoms with Gasteiger partial charge < -0.3 is 10.1 Å². The van der Waals surface area contributed by atoms with Crippen molar-refractivity contribution in [2.24, 2.45) is 0 Å². The summed E-state index contributed by atoms with van der Waals surface area (Å²) in [7, 11) is 1.65. The molecule has 0 atom stereocenters. The summed E-state index contributed by atoms with van der Waals surface area (Å²) in [6.45, 7) is 2.77. The largest absolute Gasteiger partial charge is 0.495 e. The molecule has 4 rings (SSSR count). The second-order valence-electron chi connectivity index (χ2n) is 5.71. The van der Waals surface area contributed by atoms with E-state index in [4.69, 9.17) is 21.4 Å². The fourth-order valence-corrected chi connectivity index (χ4v) is 3.18. The molecular formula is C17H19Cl2N5O. The summed E-state index contributed by atoms with van der Waals surface area (Å²) in [5.41, 5.74) is 2.87. The molecule has 0 unspecified atom stereocenters. The molecule has 0 bridgehead atoms. The van der Waals surface area contributed by atoms with Gasteiger partial charge in [0.15, 0.2) is 5.82 Å². The van der Waals surface area contributed by atoms with Crippen molar-refractivity contribution in [3.05, 3.63) is 47.4 Å². The van der Waals surface area contributed by atoms with Gasteiger partial charge in [-0.2, -0.15) is 5.10 Å². The molecule has 1 N–H and O–H groups in total. The molecule has 1 aliphatic heterocycles. The van der Waals surface area contributed by atoms with Crippen molar-refractivity contribution >= 4 is 24.0 Å². The van der Waals surface area contributed by atoms with E-state index in [1.165, 1.54) is 5.69 Å². The maximum atomic E-state index is 6.17. The van der Waals surface area contributed by atoms with Gasteiger partial charge in [-0.05, 0) is 37.2 Å². The van der Waals surface area contributed by atoms with E-state index in [0.29, 0.717) is 5.02 Å². The zero-order valence-corrected chi connectivity index (χ0v) is 15.3. The molecule has 0 amide bonds. The molecule has 0 aliphatic carbocycles. The lowest BCUT2D eigenvalue weighted by Gasteiger charge is -2.11. The average Bonchev–Trinajstić information content (AvgIpc) is 3.17. The fourth-order valence-electron chi connectivity index (χ4n) is 3.01. The van der Waals surface area contributed by atoms with Gasteiger partial charge in [0.25, 0.3) is 0 Å². The highest BCUT2D eigenvalue weighted by Crippen LogP contribution is 2.30. The van der Waals surface area contributed by atoms with Gasteiger partial charge in [-0.3, -0.25) is 9.25 Å². The zero-order valence-electron chi connectivity index (χ0n) is 13.8. The third-order valence-electron chi connectivity index (χ3n) is 4.16. The number of rotatable bonds is 3. The minimum atomic E-state index is 0. The minimum Gasteiger partial charge on any atom is -0.495 e. The second-order valence-corrected chi connectivity index (χ2v) is 6.15. The van der Waals surface area contributed by atoms with E-state index in [9.17, 15) is 0 Å². The predicted molar refractivity (Wildman–Crippen MR) is 99.9 cm³/mol. The summed E-state index contributed by atoms with van der Waals surface area (Å²) in [6.07, 6.45) is 4.73. The summed E-state index contributed by atoms with van der Waals surface area (Å²) >= 11 is 6.17. The molecule has 0 radical (unpaired) electrons. The van der Waals surface area contributed by atoms with E-state index in [1.54, 1.807) is 13.3 Å². The first kappa shape index (κ1) is 17.8. The van der Waals surface area contributed by atoms with Crippen molar-refractivity contribution in [1.29, 1.82) is 0 Å². The monoisotopic (exact) mass is 379 g/mol. The first-order valence-corrected chi connectivity index (χ1v) is 8.29. The Kier molecular flexibility index (Phi) is 5.32. The molecule has 8 heteroatoms. The Morgan fingerprint density at radius 1 is 1.28 bits per heavy atom. The van der Waals surface area contributed by atoms with Crippen LogP contribution < -0.4 is 10.1 Å². The Balaban J connectivity index is 0.00000182. The highest BCUT2D eigenvalue weighted by atomic mass is 35.5. The van der Waals surface area contributed by atoms with E-state index in [-0.39, 0.29) is 12.4 Å². The Morgan fingerprint density at radius 2 is 2.16 bits per heavy atom. The van der Waals surface area contributed by atoms with Gasteiger partial charge in [0.1, 0.15) is 11.4 Å².